The van der Waals surface area contributed by atoms with Crippen molar-refractivity contribution < 1.29 is 0 Å². The number of halogens is 1. The van der Waals surface area contributed by atoms with E-state index in [4.69, 9.17) is 0 Å². The second kappa shape index (κ2) is 4.46. The molecule has 1 aromatic carbocycles. The lowest BCUT2D eigenvalue weighted by atomic mass is 9.93. The molecule has 2 nitrogen and oxygen atoms in total. The van der Waals surface area contributed by atoms with Crippen LogP contribution in [0.4, 0.5) is 0 Å². The highest BCUT2D eigenvalue weighted by Crippen LogP contribution is 2.31. The van der Waals surface area contributed by atoms with E-state index in [9.17, 15) is 0 Å². The number of hydrogen-bond acceptors (Lipinski definition) is 1. The van der Waals surface area contributed by atoms with E-state index in [-0.39, 0.29) is 0 Å². The van der Waals surface area contributed by atoms with Crippen molar-refractivity contribution in [3.05, 3.63) is 33.9 Å². The van der Waals surface area contributed by atoms with Crippen LogP contribution in [-0.4, -0.2) is 18.1 Å². The Bertz CT molecular complexity index is 538. The minimum absolute atomic E-state index is 0.648. The third-order valence-electron chi connectivity index (χ3n) is 3.76. The summed E-state index contributed by atoms with van der Waals surface area (Å²) in [4.78, 5) is 3.60. The number of H-pyrrole nitrogens is 1. The summed E-state index contributed by atoms with van der Waals surface area (Å²) in [6.45, 7) is 4.51. The van der Waals surface area contributed by atoms with Gasteiger partial charge in [-0.2, -0.15) is 0 Å². The number of benzene rings is 1. The van der Waals surface area contributed by atoms with E-state index < -0.39 is 0 Å². The van der Waals surface area contributed by atoms with Crippen molar-refractivity contribution in [1.82, 2.24) is 10.3 Å². The number of aromatic amines is 1. The van der Waals surface area contributed by atoms with Gasteiger partial charge in [0.15, 0.2) is 0 Å². The lowest BCUT2D eigenvalue weighted by Gasteiger charge is -2.22. The average molecular weight is 293 g/mol. The molecule has 3 heteroatoms. The molecular formula is C14H17BrN2. The number of rotatable bonds is 1. The summed E-state index contributed by atoms with van der Waals surface area (Å²) in [6.07, 6.45) is 2.57. The molecule has 2 N–H and O–H groups in total. The Morgan fingerprint density at radius 1 is 1.35 bits per heavy atom. The lowest BCUT2D eigenvalue weighted by Crippen LogP contribution is -2.28. The maximum absolute atomic E-state index is 3.60. The molecule has 1 unspecified atom stereocenters. The molecule has 1 aliphatic heterocycles. The second-order valence-electron chi connectivity index (χ2n) is 4.90. The monoisotopic (exact) mass is 292 g/mol. The van der Waals surface area contributed by atoms with Crippen LogP contribution in [0.2, 0.25) is 0 Å². The predicted molar refractivity (Wildman–Crippen MR) is 75.6 cm³/mol. The van der Waals surface area contributed by atoms with Crippen LogP contribution in [0.1, 0.15) is 30.0 Å². The molecule has 3 rings (SSSR count). The van der Waals surface area contributed by atoms with E-state index >= 15 is 0 Å². The highest BCUT2D eigenvalue weighted by atomic mass is 79.9. The van der Waals surface area contributed by atoms with Crippen molar-refractivity contribution in [3.8, 4) is 0 Å². The first-order chi connectivity index (χ1) is 8.25. The van der Waals surface area contributed by atoms with Crippen molar-refractivity contribution in [2.24, 2.45) is 0 Å². The van der Waals surface area contributed by atoms with E-state index in [1.165, 1.54) is 41.5 Å². The number of piperidine rings is 1. The predicted octanol–water partition coefficient (Wildman–Crippen LogP) is 3.71. The first-order valence-corrected chi connectivity index (χ1v) is 7.03. The smallest absolute Gasteiger partial charge is 0.0459 e. The fourth-order valence-corrected chi connectivity index (χ4v) is 3.19. The largest absolute Gasteiger partial charge is 0.358 e. The van der Waals surface area contributed by atoms with Crippen molar-refractivity contribution in [2.45, 2.75) is 25.7 Å². The Labute approximate surface area is 110 Å². The van der Waals surface area contributed by atoms with Gasteiger partial charge in [-0.1, -0.05) is 15.9 Å². The molecule has 1 aliphatic rings. The van der Waals surface area contributed by atoms with Crippen LogP contribution < -0.4 is 5.32 Å². The zero-order valence-electron chi connectivity index (χ0n) is 10.0. The second-order valence-corrected chi connectivity index (χ2v) is 5.81. The fourth-order valence-electron chi connectivity index (χ4n) is 2.83. The summed E-state index contributed by atoms with van der Waals surface area (Å²) >= 11 is 3.55. The maximum atomic E-state index is 3.60. The Morgan fingerprint density at radius 2 is 2.24 bits per heavy atom. The minimum atomic E-state index is 0.648. The summed E-state index contributed by atoms with van der Waals surface area (Å²) in [6, 6.07) is 6.47. The van der Waals surface area contributed by atoms with Crippen LogP contribution in [0.25, 0.3) is 10.9 Å². The van der Waals surface area contributed by atoms with Crippen LogP contribution in [-0.2, 0) is 0 Å². The first kappa shape index (κ1) is 11.3. The number of aryl methyl sites for hydroxylation is 1. The molecule has 1 aromatic heterocycles. The molecule has 1 saturated heterocycles. The Balaban J connectivity index is 2.07. The van der Waals surface area contributed by atoms with Crippen LogP contribution in [0.15, 0.2) is 22.7 Å². The van der Waals surface area contributed by atoms with Gasteiger partial charge >= 0.3 is 0 Å². The van der Waals surface area contributed by atoms with Gasteiger partial charge in [0.2, 0.25) is 0 Å². The van der Waals surface area contributed by atoms with E-state index in [2.05, 4.69) is 51.4 Å². The van der Waals surface area contributed by atoms with Gasteiger partial charge in [0.25, 0.3) is 0 Å². The molecule has 2 heterocycles. The standard InChI is InChI=1S/C14H17BrN2/c1-9-12-7-11(15)4-5-13(12)17-14(9)10-3-2-6-16-8-10/h4-5,7,10,16-17H,2-3,6,8H2,1H3. The molecule has 0 saturated carbocycles. The number of hydrogen-bond donors (Lipinski definition) is 2. The zero-order valence-corrected chi connectivity index (χ0v) is 11.6. The molecule has 17 heavy (non-hydrogen) atoms. The average Bonchev–Trinajstić information content (AvgIpc) is 2.68. The topological polar surface area (TPSA) is 27.8 Å². The number of aromatic nitrogens is 1. The molecule has 0 aliphatic carbocycles. The molecule has 90 valence electrons. The van der Waals surface area contributed by atoms with Crippen molar-refractivity contribution >= 4 is 26.8 Å². The van der Waals surface area contributed by atoms with Crippen molar-refractivity contribution in [1.29, 1.82) is 0 Å². The van der Waals surface area contributed by atoms with Crippen molar-refractivity contribution in [3.63, 3.8) is 0 Å². The molecule has 0 spiro atoms. The van der Waals surface area contributed by atoms with Gasteiger partial charge in [-0.15, -0.1) is 0 Å². The zero-order chi connectivity index (χ0) is 11.8. The summed E-state index contributed by atoms with van der Waals surface area (Å²) in [5, 5.41) is 4.83. The van der Waals surface area contributed by atoms with Crippen LogP contribution in [0.3, 0.4) is 0 Å². The Kier molecular flexibility index (Phi) is 2.97. The third-order valence-corrected chi connectivity index (χ3v) is 4.26. The van der Waals surface area contributed by atoms with E-state index in [0.717, 1.165) is 11.0 Å². The van der Waals surface area contributed by atoms with E-state index in [0.29, 0.717) is 5.92 Å². The Hall–Kier alpha value is -0.800. The van der Waals surface area contributed by atoms with E-state index in [1.54, 1.807) is 0 Å². The van der Waals surface area contributed by atoms with Gasteiger partial charge in [-0.25, -0.2) is 0 Å². The quantitative estimate of drug-likeness (QED) is 0.824. The van der Waals surface area contributed by atoms with Gasteiger partial charge in [0.05, 0.1) is 0 Å². The van der Waals surface area contributed by atoms with Crippen LogP contribution >= 0.6 is 15.9 Å². The lowest BCUT2D eigenvalue weighted by molar-refractivity contribution is 0.455. The van der Waals surface area contributed by atoms with Crippen LogP contribution in [0.5, 0.6) is 0 Å². The van der Waals surface area contributed by atoms with Gasteiger partial charge in [-0.05, 0) is 50.1 Å². The normalized spacial score (nSPS) is 20.9. The summed E-state index contributed by atoms with van der Waals surface area (Å²) in [7, 11) is 0. The molecular weight excluding hydrogens is 276 g/mol. The highest BCUT2D eigenvalue weighted by molar-refractivity contribution is 9.10. The molecule has 1 fully saturated rings. The summed E-state index contributed by atoms with van der Waals surface area (Å²) < 4.78 is 1.15. The van der Waals surface area contributed by atoms with Gasteiger partial charge in [0.1, 0.15) is 0 Å². The van der Waals surface area contributed by atoms with Crippen molar-refractivity contribution in [2.75, 3.05) is 13.1 Å². The number of nitrogens with one attached hydrogen (secondary N) is 2. The summed E-state index contributed by atoms with van der Waals surface area (Å²) in [5.41, 5.74) is 4.09. The maximum Gasteiger partial charge on any atom is 0.0459 e. The number of fused-ring (bicyclic) bond motifs is 1. The minimum Gasteiger partial charge on any atom is -0.358 e. The molecule has 2 aromatic rings. The van der Waals surface area contributed by atoms with Crippen LogP contribution in [0, 0.1) is 6.92 Å². The molecule has 1 atom stereocenters. The SMILES string of the molecule is Cc1c(C2CCCNC2)[nH]c2ccc(Br)cc12. The van der Waals surface area contributed by atoms with Gasteiger partial charge < -0.3 is 10.3 Å². The van der Waals surface area contributed by atoms with Gasteiger partial charge in [-0.3, -0.25) is 0 Å². The summed E-state index contributed by atoms with van der Waals surface area (Å²) in [5.74, 6) is 0.648. The molecule has 0 bridgehead atoms. The van der Waals surface area contributed by atoms with E-state index in [1.807, 2.05) is 0 Å². The first-order valence-electron chi connectivity index (χ1n) is 6.24. The molecule has 0 amide bonds. The van der Waals surface area contributed by atoms with Gasteiger partial charge in [0, 0.05) is 33.5 Å². The third kappa shape index (κ3) is 2.02. The highest BCUT2D eigenvalue weighted by Gasteiger charge is 2.19. The molecule has 0 radical (unpaired) electrons. The fraction of sp³-hybridized carbons (Fsp3) is 0.429. The Morgan fingerprint density at radius 3 is 3.00 bits per heavy atom.